The summed E-state index contributed by atoms with van der Waals surface area (Å²) in [6.45, 7) is 6.86. The van der Waals surface area contributed by atoms with Crippen molar-refractivity contribution in [2.24, 2.45) is 5.92 Å². The molecular weight excluding hydrogens is 168 g/mol. The van der Waals surface area contributed by atoms with Crippen LogP contribution in [0.5, 0.6) is 0 Å². The van der Waals surface area contributed by atoms with E-state index in [0.717, 1.165) is 5.92 Å². The van der Waals surface area contributed by atoms with E-state index in [1.165, 1.54) is 57.8 Å². The molecule has 14 heavy (non-hydrogen) atoms. The van der Waals surface area contributed by atoms with E-state index in [2.05, 4.69) is 27.2 Å². The van der Waals surface area contributed by atoms with Crippen molar-refractivity contribution >= 4 is 0 Å². The van der Waals surface area contributed by atoms with Crippen molar-refractivity contribution in [3.63, 3.8) is 0 Å². The Hall–Kier alpha value is 0. The fraction of sp³-hybridized carbons (Fsp3) is 0.929. The molecule has 0 heteroatoms. The minimum atomic E-state index is 0.965. The molecule has 0 fully saturated rings. The van der Waals surface area contributed by atoms with Crippen molar-refractivity contribution in [2.45, 2.75) is 78.6 Å². The highest BCUT2D eigenvalue weighted by molar-refractivity contribution is 4.58. The molecule has 0 aliphatic carbocycles. The molecule has 85 valence electrons. The molecule has 0 saturated heterocycles. The van der Waals surface area contributed by atoms with Crippen LogP contribution < -0.4 is 0 Å². The Bertz CT molecular complexity index is 96.2. The predicted octanol–water partition coefficient (Wildman–Crippen LogP) is 5.38. The monoisotopic (exact) mass is 197 g/mol. The zero-order chi connectivity index (χ0) is 10.6. The summed E-state index contributed by atoms with van der Waals surface area (Å²) in [5.74, 6) is 0.965. The van der Waals surface area contributed by atoms with E-state index in [1.807, 2.05) is 0 Å². The summed E-state index contributed by atoms with van der Waals surface area (Å²) in [7, 11) is 0. The van der Waals surface area contributed by atoms with E-state index in [0.29, 0.717) is 0 Å². The highest BCUT2D eigenvalue weighted by atomic mass is 14.1. The minimum absolute atomic E-state index is 0.965. The van der Waals surface area contributed by atoms with Crippen LogP contribution in [-0.2, 0) is 0 Å². The second kappa shape index (κ2) is 11.1. The van der Waals surface area contributed by atoms with Crippen LogP contribution in [0.2, 0.25) is 0 Å². The van der Waals surface area contributed by atoms with Crippen LogP contribution in [0, 0.1) is 12.3 Å². The van der Waals surface area contributed by atoms with Crippen molar-refractivity contribution in [3.8, 4) is 0 Å². The van der Waals surface area contributed by atoms with E-state index in [4.69, 9.17) is 0 Å². The van der Waals surface area contributed by atoms with Crippen LogP contribution in [0.15, 0.2) is 0 Å². The highest BCUT2D eigenvalue weighted by Crippen LogP contribution is 2.16. The van der Waals surface area contributed by atoms with Crippen LogP contribution in [0.1, 0.15) is 78.6 Å². The van der Waals surface area contributed by atoms with E-state index in [9.17, 15) is 0 Å². The molecule has 0 rings (SSSR count). The Labute approximate surface area is 91.5 Å². The Balaban J connectivity index is 3.06. The first-order valence-electron chi connectivity index (χ1n) is 6.59. The quantitative estimate of drug-likeness (QED) is 0.413. The van der Waals surface area contributed by atoms with E-state index in [1.54, 1.807) is 0 Å². The standard InChI is InChI=1S/C14H29/c1-4-6-8-9-11-13-14(3)12-10-7-5-2/h4,14H,5-13H2,1-3H3. The summed E-state index contributed by atoms with van der Waals surface area (Å²) in [6, 6.07) is 0. The van der Waals surface area contributed by atoms with Crippen LogP contribution in [0.4, 0.5) is 0 Å². The van der Waals surface area contributed by atoms with E-state index >= 15 is 0 Å². The van der Waals surface area contributed by atoms with Gasteiger partial charge in [-0.3, -0.25) is 0 Å². The molecule has 0 bridgehead atoms. The molecule has 1 unspecified atom stereocenters. The van der Waals surface area contributed by atoms with Crippen LogP contribution >= 0.6 is 0 Å². The van der Waals surface area contributed by atoms with Crippen molar-refractivity contribution < 1.29 is 0 Å². The fourth-order valence-electron chi connectivity index (χ4n) is 1.91. The second-order valence-electron chi connectivity index (χ2n) is 4.65. The summed E-state index contributed by atoms with van der Waals surface area (Å²) >= 11 is 0. The van der Waals surface area contributed by atoms with Crippen molar-refractivity contribution in [3.05, 3.63) is 6.42 Å². The lowest BCUT2D eigenvalue weighted by Gasteiger charge is -2.10. The van der Waals surface area contributed by atoms with Gasteiger partial charge in [0, 0.05) is 0 Å². The molecule has 0 spiro atoms. The largest absolute Gasteiger partial charge is 0.0654 e. The molecule has 0 nitrogen and oxygen atoms in total. The van der Waals surface area contributed by atoms with Gasteiger partial charge in [-0.05, 0) is 12.3 Å². The predicted molar refractivity (Wildman–Crippen MR) is 66.4 cm³/mol. The topological polar surface area (TPSA) is 0 Å². The Morgan fingerprint density at radius 3 is 2.14 bits per heavy atom. The maximum Gasteiger partial charge on any atom is -0.0417 e. The fourth-order valence-corrected chi connectivity index (χ4v) is 1.91. The van der Waals surface area contributed by atoms with E-state index in [-0.39, 0.29) is 0 Å². The van der Waals surface area contributed by atoms with Gasteiger partial charge in [-0.2, -0.15) is 0 Å². The van der Waals surface area contributed by atoms with Gasteiger partial charge in [0.05, 0.1) is 0 Å². The average Bonchev–Trinajstić information content (AvgIpc) is 2.18. The molecule has 0 heterocycles. The third-order valence-corrected chi connectivity index (χ3v) is 2.99. The Morgan fingerprint density at radius 2 is 1.57 bits per heavy atom. The lowest BCUT2D eigenvalue weighted by Crippen LogP contribution is -1.94. The molecular formula is C14H29. The molecule has 0 aromatic heterocycles. The molecule has 0 N–H and O–H groups in total. The zero-order valence-corrected chi connectivity index (χ0v) is 10.5. The number of hydrogen-bond donors (Lipinski definition) is 0. The number of unbranched alkanes of at least 4 members (excludes halogenated alkanes) is 6. The molecule has 0 saturated carbocycles. The summed E-state index contributed by atoms with van der Waals surface area (Å²) in [4.78, 5) is 0. The van der Waals surface area contributed by atoms with E-state index < -0.39 is 0 Å². The first kappa shape index (κ1) is 14.0. The minimum Gasteiger partial charge on any atom is -0.0654 e. The second-order valence-corrected chi connectivity index (χ2v) is 4.65. The van der Waals surface area contributed by atoms with Crippen molar-refractivity contribution in [2.75, 3.05) is 0 Å². The normalized spacial score (nSPS) is 13.1. The van der Waals surface area contributed by atoms with Crippen LogP contribution in [-0.4, -0.2) is 0 Å². The van der Waals surface area contributed by atoms with Crippen molar-refractivity contribution in [1.29, 1.82) is 0 Å². The molecule has 0 aromatic rings. The van der Waals surface area contributed by atoms with Gasteiger partial charge in [-0.15, -0.1) is 0 Å². The number of hydrogen-bond acceptors (Lipinski definition) is 0. The summed E-state index contributed by atoms with van der Waals surface area (Å²) in [6.07, 6.45) is 15.0. The molecule has 1 radical (unpaired) electrons. The first-order valence-corrected chi connectivity index (χ1v) is 6.59. The maximum atomic E-state index is 2.42. The van der Waals surface area contributed by atoms with Gasteiger partial charge in [0.25, 0.3) is 0 Å². The summed E-state index contributed by atoms with van der Waals surface area (Å²) < 4.78 is 0. The van der Waals surface area contributed by atoms with Gasteiger partial charge in [0.1, 0.15) is 0 Å². The Kier molecular flexibility index (Phi) is 11.1. The molecule has 0 aromatic carbocycles. The smallest absolute Gasteiger partial charge is 0.0417 e. The number of rotatable bonds is 10. The molecule has 1 atom stereocenters. The van der Waals surface area contributed by atoms with Gasteiger partial charge in [-0.1, -0.05) is 78.6 Å². The molecule has 0 aliphatic rings. The van der Waals surface area contributed by atoms with Crippen LogP contribution in [0.25, 0.3) is 0 Å². The van der Waals surface area contributed by atoms with Gasteiger partial charge >= 0.3 is 0 Å². The first-order chi connectivity index (χ1) is 6.81. The third kappa shape index (κ3) is 10.1. The van der Waals surface area contributed by atoms with Gasteiger partial charge in [0.15, 0.2) is 0 Å². The zero-order valence-electron chi connectivity index (χ0n) is 10.5. The van der Waals surface area contributed by atoms with Crippen molar-refractivity contribution in [1.82, 2.24) is 0 Å². The summed E-state index contributed by atoms with van der Waals surface area (Å²) in [5, 5.41) is 0. The Morgan fingerprint density at radius 1 is 0.929 bits per heavy atom. The average molecular weight is 197 g/mol. The summed E-state index contributed by atoms with van der Waals surface area (Å²) in [5.41, 5.74) is 0. The van der Waals surface area contributed by atoms with Gasteiger partial charge in [-0.25, -0.2) is 0 Å². The van der Waals surface area contributed by atoms with Crippen LogP contribution in [0.3, 0.4) is 0 Å². The van der Waals surface area contributed by atoms with Gasteiger partial charge in [0.2, 0.25) is 0 Å². The molecule has 0 amide bonds. The lowest BCUT2D eigenvalue weighted by molar-refractivity contribution is 0.440. The SMILES string of the molecule is C[CH]CCCCCC(C)CCCCC. The van der Waals surface area contributed by atoms with Gasteiger partial charge < -0.3 is 0 Å². The lowest BCUT2D eigenvalue weighted by atomic mass is 9.96. The maximum absolute atomic E-state index is 2.42. The highest BCUT2D eigenvalue weighted by Gasteiger charge is 2.00. The molecule has 0 aliphatic heterocycles. The third-order valence-electron chi connectivity index (χ3n) is 2.99.